The van der Waals surface area contributed by atoms with Gasteiger partial charge in [0.2, 0.25) is 5.91 Å². The number of aromatic amines is 1. The third-order valence-electron chi connectivity index (χ3n) is 4.60. The molecule has 124 valence electrons. The average Bonchev–Trinajstić information content (AvgIpc) is 3.20. The van der Waals surface area contributed by atoms with E-state index >= 15 is 0 Å². The Labute approximate surface area is 140 Å². The topological polar surface area (TPSA) is 75.6 Å². The van der Waals surface area contributed by atoms with Crippen molar-refractivity contribution in [2.45, 2.75) is 45.2 Å². The number of nitrogens with zero attached hydrogens (tertiary/aromatic N) is 3. The maximum absolute atomic E-state index is 12.2. The first-order chi connectivity index (χ1) is 11.6. The second-order valence-corrected chi connectivity index (χ2v) is 6.56. The lowest BCUT2D eigenvalue weighted by atomic mass is 10.1. The zero-order valence-electron chi connectivity index (χ0n) is 13.9. The molecule has 2 aromatic heterocycles. The fourth-order valence-electron chi connectivity index (χ4n) is 2.96. The van der Waals surface area contributed by atoms with Crippen molar-refractivity contribution in [3.63, 3.8) is 0 Å². The highest BCUT2D eigenvalue weighted by atomic mass is 16.2. The predicted molar refractivity (Wildman–Crippen MR) is 91.6 cm³/mol. The number of hydrogen-bond acceptors (Lipinski definition) is 3. The first-order valence-corrected chi connectivity index (χ1v) is 8.37. The van der Waals surface area contributed by atoms with E-state index in [2.05, 4.69) is 26.3 Å². The van der Waals surface area contributed by atoms with Crippen LogP contribution in [-0.4, -0.2) is 25.4 Å². The number of H-pyrrole nitrogens is 1. The molecule has 0 saturated heterocycles. The third kappa shape index (κ3) is 2.91. The number of nitrogens with one attached hydrogen (secondary N) is 2. The van der Waals surface area contributed by atoms with Gasteiger partial charge in [0.05, 0.1) is 17.1 Å². The summed E-state index contributed by atoms with van der Waals surface area (Å²) in [5, 5.41) is 3.05. The SMILES string of the molecule is Cc1nccn1CC(=O)NC(C)c1ccc2nc(C3CC3)[nH]c2c1. The van der Waals surface area contributed by atoms with Gasteiger partial charge in [0.15, 0.2) is 0 Å². The maximum atomic E-state index is 12.2. The molecule has 0 radical (unpaired) electrons. The number of carbonyl (C=O) groups is 1. The van der Waals surface area contributed by atoms with Gasteiger partial charge < -0.3 is 14.9 Å². The van der Waals surface area contributed by atoms with Crippen LogP contribution in [0.3, 0.4) is 0 Å². The lowest BCUT2D eigenvalue weighted by Crippen LogP contribution is -2.30. The van der Waals surface area contributed by atoms with Crippen molar-refractivity contribution < 1.29 is 4.79 Å². The van der Waals surface area contributed by atoms with Crippen LogP contribution in [0, 0.1) is 6.92 Å². The molecule has 1 amide bonds. The summed E-state index contributed by atoms with van der Waals surface area (Å²) in [4.78, 5) is 24.4. The van der Waals surface area contributed by atoms with Crippen LogP contribution < -0.4 is 5.32 Å². The van der Waals surface area contributed by atoms with E-state index in [9.17, 15) is 4.79 Å². The molecular weight excluding hydrogens is 302 g/mol. The van der Waals surface area contributed by atoms with E-state index < -0.39 is 0 Å². The normalized spacial score (nSPS) is 15.6. The number of fused-ring (bicyclic) bond motifs is 1. The summed E-state index contributed by atoms with van der Waals surface area (Å²) < 4.78 is 1.84. The molecular formula is C18H21N5O. The Morgan fingerprint density at radius 3 is 3.00 bits per heavy atom. The van der Waals surface area contributed by atoms with Gasteiger partial charge in [0.1, 0.15) is 18.2 Å². The fourth-order valence-corrected chi connectivity index (χ4v) is 2.96. The molecule has 4 rings (SSSR count). The molecule has 0 spiro atoms. The average molecular weight is 323 g/mol. The van der Waals surface area contributed by atoms with Crippen molar-refractivity contribution in [3.8, 4) is 0 Å². The zero-order valence-corrected chi connectivity index (χ0v) is 13.9. The number of imidazole rings is 2. The Balaban J connectivity index is 1.47. The number of carbonyl (C=O) groups excluding carboxylic acids is 1. The summed E-state index contributed by atoms with van der Waals surface area (Å²) in [5.41, 5.74) is 3.11. The second-order valence-electron chi connectivity index (χ2n) is 6.56. The minimum absolute atomic E-state index is 0.0213. The summed E-state index contributed by atoms with van der Waals surface area (Å²) >= 11 is 0. The molecule has 1 fully saturated rings. The van der Waals surface area contributed by atoms with Gasteiger partial charge in [0, 0.05) is 18.3 Å². The van der Waals surface area contributed by atoms with Gasteiger partial charge in [-0.15, -0.1) is 0 Å². The first-order valence-electron chi connectivity index (χ1n) is 8.37. The van der Waals surface area contributed by atoms with Crippen molar-refractivity contribution in [1.29, 1.82) is 0 Å². The van der Waals surface area contributed by atoms with Crippen LogP contribution in [0.2, 0.25) is 0 Å². The van der Waals surface area contributed by atoms with Crippen LogP contribution in [0.5, 0.6) is 0 Å². The van der Waals surface area contributed by atoms with Crippen LogP contribution >= 0.6 is 0 Å². The number of rotatable bonds is 5. The lowest BCUT2D eigenvalue weighted by molar-refractivity contribution is -0.122. The molecule has 6 heteroatoms. The molecule has 0 bridgehead atoms. The van der Waals surface area contributed by atoms with E-state index in [-0.39, 0.29) is 18.5 Å². The van der Waals surface area contributed by atoms with Crippen LogP contribution in [0.4, 0.5) is 0 Å². The smallest absolute Gasteiger partial charge is 0.240 e. The minimum Gasteiger partial charge on any atom is -0.348 e. The molecule has 0 aliphatic heterocycles. The predicted octanol–water partition coefficient (Wildman–Crippen LogP) is 2.82. The fraction of sp³-hybridized carbons (Fsp3) is 0.389. The Morgan fingerprint density at radius 2 is 2.29 bits per heavy atom. The largest absolute Gasteiger partial charge is 0.348 e. The van der Waals surface area contributed by atoms with Crippen LogP contribution in [-0.2, 0) is 11.3 Å². The van der Waals surface area contributed by atoms with Crippen LogP contribution in [0.15, 0.2) is 30.6 Å². The third-order valence-corrected chi connectivity index (χ3v) is 4.60. The van der Waals surface area contributed by atoms with Gasteiger partial charge in [-0.25, -0.2) is 9.97 Å². The molecule has 1 aromatic carbocycles. The quantitative estimate of drug-likeness (QED) is 0.758. The van der Waals surface area contributed by atoms with E-state index in [1.165, 1.54) is 12.8 Å². The minimum atomic E-state index is -0.0570. The van der Waals surface area contributed by atoms with Gasteiger partial charge in [-0.05, 0) is 44.4 Å². The van der Waals surface area contributed by atoms with Crippen molar-refractivity contribution >= 4 is 16.9 Å². The molecule has 1 unspecified atom stereocenters. The summed E-state index contributed by atoms with van der Waals surface area (Å²) in [6.45, 7) is 4.17. The first kappa shape index (κ1) is 14.9. The van der Waals surface area contributed by atoms with E-state index in [4.69, 9.17) is 0 Å². The molecule has 2 heterocycles. The number of aryl methyl sites for hydroxylation is 1. The highest BCUT2D eigenvalue weighted by Gasteiger charge is 2.26. The molecule has 1 atom stereocenters. The molecule has 1 saturated carbocycles. The highest BCUT2D eigenvalue weighted by Crippen LogP contribution is 2.39. The number of aromatic nitrogens is 4. The summed E-state index contributed by atoms with van der Waals surface area (Å²) in [5.74, 6) is 2.52. The number of hydrogen-bond donors (Lipinski definition) is 2. The van der Waals surface area contributed by atoms with Gasteiger partial charge >= 0.3 is 0 Å². The number of benzene rings is 1. The van der Waals surface area contributed by atoms with Crippen molar-refractivity contribution in [2.24, 2.45) is 0 Å². The van der Waals surface area contributed by atoms with Crippen LogP contribution in [0.25, 0.3) is 11.0 Å². The molecule has 1 aliphatic carbocycles. The standard InChI is InChI=1S/C18H21N5O/c1-11(20-17(24)10-23-8-7-19-12(23)2)14-5-6-15-16(9-14)22-18(21-15)13-3-4-13/h5-9,11,13H,3-4,10H2,1-2H3,(H,20,24)(H,21,22). The second kappa shape index (κ2) is 5.78. The van der Waals surface area contributed by atoms with Crippen molar-refractivity contribution in [3.05, 3.63) is 47.8 Å². The van der Waals surface area contributed by atoms with Gasteiger partial charge in [0.25, 0.3) is 0 Å². The molecule has 24 heavy (non-hydrogen) atoms. The summed E-state index contributed by atoms with van der Waals surface area (Å²) in [6.07, 6.45) is 5.98. The Kier molecular flexibility index (Phi) is 3.59. The van der Waals surface area contributed by atoms with E-state index in [1.807, 2.05) is 36.7 Å². The zero-order chi connectivity index (χ0) is 16.7. The molecule has 1 aliphatic rings. The Hall–Kier alpha value is -2.63. The molecule has 2 N–H and O–H groups in total. The van der Waals surface area contributed by atoms with Gasteiger partial charge in [-0.2, -0.15) is 0 Å². The van der Waals surface area contributed by atoms with E-state index in [0.29, 0.717) is 5.92 Å². The van der Waals surface area contributed by atoms with E-state index in [1.54, 1.807) is 6.20 Å². The Morgan fingerprint density at radius 1 is 1.46 bits per heavy atom. The van der Waals surface area contributed by atoms with Gasteiger partial charge in [-0.3, -0.25) is 4.79 Å². The summed E-state index contributed by atoms with van der Waals surface area (Å²) in [6, 6.07) is 6.09. The maximum Gasteiger partial charge on any atom is 0.240 e. The summed E-state index contributed by atoms with van der Waals surface area (Å²) in [7, 11) is 0. The van der Waals surface area contributed by atoms with E-state index in [0.717, 1.165) is 28.2 Å². The van der Waals surface area contributed by atoms with Crippen LogP contribution in [0.1, 0.15) is 48.9 Å². The van der Waals surface area contributed by atoms with Crippen molar-refractivity contribution in [1.82, 2.24) is 24.8 Å². The molecule has 6 nitrogen and oxygen atoms in total. The van der Waals surface area contributed by atoms with Crippen molar-refractivity contribution in [2.75, 3.05) is 0 Å². The van der Waals surface area contributed by atoms with Gasteiger partial charge in [-0.1, -0.05) is 6.07 Å². The number of amides is 1. The lowest BCUT2D eigenvalue weighted by Gasteiger charge is -2.15. The highest BCUT2D eigenvalue weighted by molar-refractivity contribution is 5.78. The molecule has 3 aromatic rings. The Bertz CT molecular complexity index is 890. The monoisotopic (exact) mass is 323 g/mol.